The summed E-state index contributed by atoms with van der Waals surface area (Å²) in [5.74, 6) is 10.0. The zero-order chi connectivity index (χ0) is 25.3. The quantitative estimate of drug-likeness (QED) is 0.569. The molecule has 0 unspecified atom stereocenters. The van der Waals surface area contributed by atoms with Gasteiger partial charge in [0.1, 0.15) is 11.2 Å². The number of ketones is 2. The van der Waals surface area contributed by atoms with Crippen LogP contribution in [0, 0.1) is 40.9 Å². The van der Waals surface area contributed by atoms with E-state index in [0.29, 0.717) is 55.5 Å². The smallest absolute Gasteiger partial charge is 0.160 e. The Kier molecular flexibility index (Phi) is 7.45. The van der Waals surface area contributed by atoms with E-state index in [9.17, 15) is 19.8 Å². The van der Waals surface area contributed by atoms with Crippen molar-refractivity contribution in [3.63, 3.8) is 0 Å². The fraction of sp³-hybridized carbons (Fsp3) is 0.677. The number of carbonyl (C=O) groups is 2. The summed E-state index contributed by atoms with van der Waals surface area (Å²) < 4.78 is 5.26. The number of aryl methyl sites for hydroxylation is 1. The Morgan fingerprint density at radius 2 is 1.53 bits per heavy atom. The highest BCUT2D eigenvalue weighted by molar-refractivity contribution is 5.89. The molecule has 0 aliphatic heterocycles. The van der Waals surface area contributed by atoms with Crippen molar-refractivity contribution in [2.75, 3.05) is 7.11 Å². The van der Waals surface area contributed by atoms with Crippen molar-refractivity contribution in [1.82, 2.24) is 0 Å². The van der Waals surface area contributed by atoms with Gasteiger partial charge < -0.3 is 14.9 Å². The summed E-state index contributed by atoms with van der Waals surface area (Å²) in [6, 6.07) is 3.51. The first-order chi connectivity index (χ1) is 17.4. The van der Waals surface area contributed by atoms with Crippen LogP contribution in [0.15, 0.2) is 12.1 Å². The largest absolute Gasteiger partial charge is 0.504 e. The van der Waals surface area contributed by atoms with Crippen molar-refractivity contribution in [3.8, 4) is 23.3 Å². The minimum absolute atomic E-state index is 0.0522. The van der Waals surface area contributed by atoms with Crippen molar-refractivity contribution in [1.29, 1.82) is 0 Å². The topological polar surface area (TPSA) is 83.8 Å². The van der Waals surface area contributed by atoms with Crippen molar-refractivity contribution in [3.05, 3.63) is 23.3 Å². The molecule has 3 atom stereocenters. The van der Waals surface area contributed by atoms with E-state index in [1.807, 2.05) is 6.07 Å². The van der Waals surface area contributed by atoms with Crippen LogP contribution in [0.25, 0.3) is 0 Å². The average Bonchev–Trinajstić information content (AvgIpc) is 2.95. The Labute approximate surface area is 215 Å². The molecular formula is C31H40O5. The predicted molar refractivity (Wildman–Crippen MR) is 138 cm³/mol. The highest BCUT2D eigenvalue weighted by atomic mass is 16.5. The minimum atomic E-state index is -0.962. The normalized spacial score (nSPS) is 33.6. The number of aliphatic hydroxyl groups is 1. The Hall–Kier alpha value is -2.32. The van der Waals surface area contributed by atoms with Crippen LogP contribution in [0.2, 0.25) is 0 Å². The van der Waals surface area contributed by atoms with E-state index in [1.54, 1.807) is 6.07 Å². The van der Waals surface area contributed by atoms with Gasteiger partial charge in [-0.05, 0) is 111 Å². The average molecular weight is 493 g/mol. The first-order valence-electron chi connectivity index (χ1n) is 14.0. The highest BCUT2D eigenvalue weighted by Crippen LogP contribution is 2.48. The molecule has 194 valence electrons. The lowest BCUT2D eigenvalue weighted by atomic mass is 9.60. The van der Waals surface area contributed by atoms with Gasteiger partial charge in [0.25, 0.3) is 0 Å². The fourth-order valence-electron chi connectivity index (χ4n) is 7.66. The molecule has 1 spiro atoms. The van der Waals surface area contributed by atoms with Gasteiger partial charge in [-0.3, -0.25) is 9.59 Å². The molecule has 5 heteroatoms. The number of hydrogen-bond donors (Lipinski definition) is 2. The van der Waals surface area contributed by atoms with Crippen LogP contribution >= 0.6 is 0 Å². The molecule has 0 bridgehead atoms. The number of carbonyl (C=O) groups excluding carboxylic acids is 2. The molecular weight excluding hydrogens is 452 g/mol. The van der Waals surface area contributed by atoms with Crippen LogP contribution in [0.1, 0.15) is 88.2 Å². The number of aromatic hydroxyl groups is 1. The van der Waals surface area contributed by atoms with Crippen LogP contribution in [0.5, 0.6) is 11.5 Å². The summed E-state index contributed by atoms with van der Waals surface area (Å²) in [7, 11) is 1.52. The maximum atomic E-state index is 13.5. The van der Waals surface area contributed by atoms with E-state index in [2.05, 4.69) is 11.8 Å². The number of phenolic OH excluding ortho intramolecular Hbond substituents is 1. The summed E-state index contributed by atoms with van der Waals surface area (Å²) in [6.45, 7) is 0. The number of benzene rings is 1. The maximum Gasteiger partial charge on any atom is 0.160 e. The lowest BCUT2D eigenvalue weighted by molar-refractivity contribution is -0.135. The summed E-state index contributed by atoms with van der Waals surface area (Å²) in [5, 5.41) is 21.6. The minimum Gasteiger partial charge on any atom is -0.504 e. The van der Waals surface area contributed by atoms with Gasteiger partial charge in [-0.1, -0.05) is 11.8 Å². The third kappa shape index (κ3) is 4.94. The van der Waals surface area contributed by atoms with Crippen molar-refractivity contribution in [2.24, 2.45) is 29.1 Å². The van der Waals surface area contributed by atoms with E-state index in [0.717, 1.165) is 55.1 Å². The van der Waals surface area contributed by atoms with Crippen molar-refractivity contribution in [2.45, 2.75) is 96.0 Å². The maximum absolute atomic E-state index is 13.5. The number of Topliss-reactive ketones (excluding diaryl/α,β-unsaturated/α-hetero) is 2. The molecule has 0 heterocycles. The second kappa shape index (κ2) is 10.6. The number of hydrogen-bond acceptors (Lipinski definition) is 5. The third-order valence-electron chi connectivity index (χ3n) is 9.95. The second-order valence-electron chi connectivity index (χ2n) is 11.8. The summed E-state index contributed by atoms with van der Waals surface area (Å²) in [5.41, 5.74) is 0.941. The van der Waals surface area contributed by atoms with Gasteiger partial charge in [-0.2, -0.15) is 0 Å². The van der Waals surface area contributed by atoms with E-state index < -0.39 is 11.5 Å². The van der Waals surface area contributed by atoms with Gasteiger partial charge in [0.15, 0.2) is 17.3 Å². The molecule has 3 saturated carbocycles. The Morgan fingerprint density at radius 1 is 0.861 bits per heavy atom. The Bertz CT molecular complexity index is 1050. The van der Waals surface area contributed by atoms with Crippen LogP contribution in [0.4, 0.5) is 0 Å². The van der Waals surface area contributed by atoms with E-state index in [4.69, 9.17) is 4.74 Å². The number of ether oxygens (including phenoxy) is 1. The zero-order valence-electron chi connectivity index (χ0n) is 21.6. The first-order valence-corrected chi connectivity index (χ1v) is 14.0. The molecule has 0 saturated heterocycles. The van der Waals surface area contributed by atoms with Crippen LogP contribution < -0.4 is 4.74 Å². The van der Waals surface area contributed by atoms with Gasteiger partial charge in [0.05, 0.1) is 13.2 Å². The number of aliphatic hydroxyl groups excluding tert-OH is 1. The van der Waals surface area contributed by atoms with E-state index in [1.165, 1.54) is 32.8 Å². The number of phenols is 1. The third-order valence-corrected chi connectivity index (χ3v) is 9.95. The van der Waals surface area contributed by atoms with Gasteiger partial charge in [0.2, 0.25) is 0 Å². The molecule has 5 rings (SSSR count). The molecule has 0 radical (unpaired) electrons. The molecule has 36 heavy (non-hydrogen) atoms. The fourth-order valence-corrected chi connectivity index (χ4v) is 7.66. The van der Waals surface area contributed by atoms with Gasteiger partial charge >= 0.3 is 0 Å². The molecule has 4 aliphatic carbocycles. The van der Waals surface area contributed by atoms with Gasteiger partial charge in [-0.25, -0.2) is 0 Å². The molecule has 1 aromatic carbocycles. The molecule has 0 amide bonds. The predicted octanol–water partition coefficient (Wildman–Crippen LogP) is 5.18. The molecule has 5 nitrogen and oxygen atoms in total. The number of rotatable bonds is 3. The Balaban J connectivity index is 1.22. The van der Waals surface area contributed by atoms with Crippen LogP contribution in [-0.4, -0.2) is 35.0 Å². The second-order valence-corrected chi connectivity index (χ2v) is 11.8. The first kappa shape index (κ1) is 25.3. The van der Waals surface area contributed by atoms with E-state index in [-0.39, 0.29) is 11.5 Å². The van der Waals surface area contributed by atoms with Crippen LogP contribution in [-0.2, 0) is 22.4 Å². The molecule has 0 aromatic heterocycles. The number of fused-ring (bicyclic) bond motifs is 1. The lowest BCUT2D eigenvalue weighted by Crippen LogP contribution is -2.47. The SMILES string of the molecule is COc1cc2c(cc1O)CC#C[C@]1(CC[C@H](C3CCC(C4CCC(=O)CC4)CC3)C[C@H]1O)C(=O)CC2. The molecule has 1 aromatic rings. The molecule has 4 aliphatic rings. The molecule has 2 N–H and O–H groups in total. The zero-order valence-corrected chi connectivity index (χ0v) is 21.6. The summed E-state index contributed by atoms with van der Waals surface area (Å²) in [6.07, 6.45) is 11.5. The summed E-state index contributed by atoms with van der Waals surface area (Å²) >= 11 is 0. The standard InChI is InChI=1S/C31H40O5/c1-36-28-18-24-10-13-29(34)31(15-2-3-23(24)17-27(28)33)16-14-25(19-30(31)35)22-6-4-20(5-7-22)21-8-11-26(32)12-9-21/h17-18,20-22,25,30,33,35H,3-14,16,19H2,1H3/t20?,22?,25-,30+,31-/m0/s1. The van der Waals surface area contributed by atoms with Gasteiger partial charge in [-0.15, -0.1) is 0 Å². The number of methoxy groups -OCH3 is 1. The highest BCUT2D eigenvalue weighted by Gasteiger charge is 2.48. The van der Waals surface area contributed by atoms with Crippen molar-refractivity contribution >= 4 is 11.6 Å². The Morgan fingerprint density at radius 3 is 2.19 bits per heavy atom. The van der Waals surface area contributed by atoms with Crippen molar-refractivity contribution < 1.29 is 24.5 Å². The van der Waals surface area contributed by atoms with Crippen LogP contribution in [0.3, 0.4) is 0 Å². The van der Waals surface area contributed by atoms with Gasteiger partial charge in [0, 0.05) is 25.7 Å². The summed E-state index contributed by atoms with van der Waals surface area (Å²) in [4.78, 5) is 25.1. The molecule has 3 fully saturated rings. The monoisotopic (exact) mass is 492 g/mol. The van der Waals surface area contributed by atoms with E-state index >= 15 is 0 Å². The lowest BCUT2D eigenvalue weighted by Gasteiger charge is -2.44.